The van der Waals surface area contributed by atoms with Gasteiger partial charge in [-0.2, -0.15) is 4.79 Å². The number of hydrogen-bond acceptors (Lipinski definition) is 0. The second-order valence-corrected chi connectivity index (χ2v) is 9.86. The summed E-state index contributed by atoms with van der Waals surface area (Å²) >= 11 is 0. The van der Waals surface area contributed by atoms with Crippen LogP contribution >= 0.6 is 0 Å². The van der Waals surface area contributed by atoms with Gasteiger partial charge in [0.1, 0.15) is 0 Å². The Morgan fingerprint density at radius 2 is 0.821 bits per heavy atom. The van der Waals surface area contributed by atoms with Gasteiger partial charge < -0.3 is 5.53 Å². The van der Waals surface area contributed by atoms with Crippen molar-refractivity contribution >= 4 is 5.71 Å². The van der Waals surface area contributed by atoms with Gasteiger partial charge in [0, 0.05) is 6.42 Å². The Balaban J connectivity index is 1.99. The largest absolute Gasteiger partial charge is 0.362 e. The van der Waals surface area contributed by atoms with Crippen molar-refractivity contribution < 1.29 is 4.79 Å². The molecular formula is C26H48N2. The summed E-state index contributed by atoms with van der Waals surface area (Å²) in [4.78, 5) is 3.81. The molecule has 0 radical (unpaired) electrons. The van der Waals surface area contributed by atoms with Gasteiger partial charge in [0.2, 0.25) is 0 Å². The predicted octanol–water partition coefficient (Wildman–Crippen LogP) is 8.89. The summed E-state index contributed by atoms with van der Waals surface area (Å²) < 4.78 is 0. The SMILES string of the molecule is [N-]=[N+]=C1CCCCCCCC2CCCCCCCCC1CCCCCCCC2. The molecule has 0 heterocycles. The molecule has 162 valence electrons. The molecule has 2 bridgehead atoms. The van der Waals surface area contributed by atoms with Gasteiger partial charge >= 0.3 is 0 Å². The van der Waals surface area contributed by atoms with Crippen LogP contribution in [0.1, 0.15) is 148 Å². The first-order chi connectivity index (χ1) is 13.9. The number of rotatable bonds is 0. The molecule has 0 aromatic carbocycles. The minimum Gasteiger partial charge on any atom is -0.362 e. The molecule has 2 heteroatoms. The predicted molar refractivity (Wildman–Crippen MR) is 122 cm³/mol. The fourth-order valence-electron chi connectivity index (χ4n) is 5.58. The quantitative estimate of drug-likeness (QED) is 0.293. The molecule has 0 unspecified atom stereocenters. The highest BCUT2D eigenvalue weighted by molar-refractivity contribution is 5.81. The highest BCUT2D eigenvalue weighted by Crippen LogP contribution is 2.27. The lowest BCUT2D eigenvalue weighted by atomic mass is 9.86. The van der Waals surface area contributed by atoms with Crippen LogP contribution < -0.4 is 0 Å². The molecule has 0 N–H and O–H groups in total. The minimum atomic E-state index is 0.545. The van der Waals surface area contributed by atoms with Gasteiger partial charge in [0.25, 0.3) is 5.71 Å². The Labute approximate surface area is 175 Å². The minimum absolute atomic E-state index is 0.545. The molecule has 0 aromatic rings. The normalized spacial score (nSPS) is 28.9. The highest BCUT2D eigenvalue weighted by Gasteiger charge is 2.22. The first-order valence-electron chi connectivity index (χ1n) is 13.1. The van der Waals surface area contributed by atoms with E-state index in [1.54, 1.807) is 0 Å². The van der Waals surface area contributed by atoms with E-state index in [1.807, 2.05) is 0 Å². The van der Waals surface area contributed by atoms with Crippen molar-refractivity contribution in [3.63, 3.8) is 0 Å². The molecule has 0 aromatic heterocycles. The Morgan fingerprint density at radius 1 is 0.464 bits per heavy atom. The number of fused-ring (bicyclic) bond motifs is 21. The lowest BCUT2D eigenvalue weighted by molar-refractivity contribution is -0.0173. The maximum atomic E-state index is 9.68. The zero-order valence-corrected chi connectivity index (χ0v) is 18.8. The summed E-state index contributed by atoms with van der Waals surface area (Å²) in [7, 11) is 0. The molecule has 0 aliphatic heterocycles. The molecule has 3 aliphatic rings. The zero-order chi connectivity index (χ0) is 19.7. The van der Waals surface area contributed by atoms with Gasteiger partial charge in [-0.05, 0) is 25.2 Å². The van der Waals surface area contributed by atoms with E-state index in [2.05, 4.69) is 4.79 Å². The molecule has 2 nitrogen and oxygen atoms in total. The second kappa shape index (κ2) is 16.2. The zero-order valence-electron chi connectivity index (χ0n) is 18.8. The summed E-state index contributed by atoms with van der Waals surface area (Å²) in [5, 5.41) is 0. The van der Waals surface area contributed by atoms with Gasteiger partial charge in [0.15, 0.2) is 0 Å². The van der Waals surface area contributed by atoms with Crippen LogP contribution in [-0.4, -0.2) is 10.5 Å². The van der Waals surface area contributed by atoms with E-state index in [4.69, 9.17) is 0 Å². The van der Waals surface area contributed by atoms with Crippen LogP contribution in [-0.2, 0) is 0 Å². The monoisotopic (exact) mass is 388 g/mol. The molecule has 0 amide bonds. The number of nitrogens with zero attached hydrogens (tertiary/aromatic N) is 2. The molecule has 3 aliphatic carbocycles. The molecule has 0 atom stereocenters. The first-order valence-corrected chi connectivity index (χ1v) is 13.1. The average Bonchev–Trinajstić information content (AvgIpc) is 2.70. The van der Waals surface area contributed by atoms with Crippen LogP contribution in [0.3, 0.4) is 0 Å². The molecule has 28 heavy (non-hydrogen) atoms. The van der Waals surface area contributed by atoms with Crippen LogP contribution in [0.5, 0.6) is 0 Å². The lowest BCUT2D eigenvalue weighted by Crippen LogP contribution is -2.16. The highest BCUT2D eigenvalue weighted by atomic mass is 14.9. The molecular weight excluding hydrogens is 340 g/mol. The van der Waals surface area contributed by atoms with Gasteiger partial charge in [-0.1, -0.05) is 122 Å². The molecule has 3 saturated carbocycles. The molecule has 3 fully saturated rings. The van der Waals surface area contributed by atoms with E-state index in [0.717, 1.165) is 18.1 Å². The Bertz CT molecular complexity index is 404. The maximum Gasteiger partial charge on any atom is 0.271 e. The smallest absolute Gasteiger partial charge is 0.271 e. The van der Waals surface area contributed by atoms with Crippen LogP contribution in [0, 0.1) is 11.8 Å². The van der Waals surface area contributed by atoms with E-state index in [9.17, 15) is 5.53 Å². The van der Waals surface area contributed by atoms with Crippen molar-refractivity contribution in [1.29, 1.82) is 0 Å². The topological polar surface area (TPSA) is 36.4 Å². The van der Waals surface area contributed by atoms with E-state index >= 15 is 0 Å². The summed E-state index contributed by atoms with van der Waals surface area (Å²) in [6.07, 6.45) is 31.7. The lowest BCUT2D eigenvalue weighted by Gasteiger charge is -2.18. The van der Waals surface area contributed by atoms with Crippen molar-refractivity contribution in [3.8, 4) is 0 Å². The summed E-state index contributed by atoms with van der Waals surface area (Å²) in [5.74, 6) is 1.55. The average molecular weight is 389 g/mol. The first kappa shape index (κ1) is 23.7. The van der Waals surface area contributed by atoms with E-state index in [-0.39, 0.29) is 0 Å². The van der Waals surface area contributed by atoms with Crippen LogP contribution in [0.15, 0.2) is 0 Å². The van der Waals surface area contributed by atoms with Crippen molar-refractivity contribution in [2.75, 3.05) is 0 Å². The van der Waals surface area contributed by atoms with Crippen LogP contribution in [0.4, 0.5) is 0 Å². The number of hydrogen-bond donors (Lipinski definition) is 0. The third-order valence-corrected chi connectivity index (χ3v) is 7.47. The fraction of sp³-hybridized carbons (Fsp3) is 0.962. The Kier molecular flexibility index (Phi) is 13.7. The third kappa shape index (κ3) is 10.8. The Morgan fingerprint density at radius 3 is 1.25 bits per heavy atom. The second-order valence-electron chi connectivity index (χ2n) is 9.86. The standard InChI is InChI=1S/C26H48N2/c27-28-26-23-17-11-5-8-14-20-24-18-12-6-1-3-9-15-21-25(26)22-16-10-4-2-7-13-19-24/h24-25H,1-23H2. The van der Waals surface area contributed by atoms with Crippen molar-refractivity contribution in [3.05, 3.63) is 5.53 Å². The van der Waals surface area contributed by atoms with Crippen molar-refractivity contribution in [2.45, 2.75) is 148 Å². The van der Waals surface area contributed by atoms with Crippen molar-refractivity contribution in [1.82, 2.24) is 0 Å². The van der Waals surface area contributed by atoms with Gasteiger partial charge in [-0.15, -0.1) is 0 Å². The maximum absolute atomic E-state index is 9.68. The van der Waals surface area contributed by atoms with Crippen LogP contribution in [0.2, 0.25) is 0 Å². The van der Waals surface area contributed by atoms with Crippen LogP contribution in [0.25, 0.3) is 5.53 Å². The summed E-state index contributed by atoms with van der Waals surface area (Å²) in [6.45, 7) is 0. The summed E-state index contributed by atoms with van der Waals surface area (Å²) in [5.41, 5.74) is 10.8. The summed E-state index contributed by atoms with van der Waals surface area (Å²) in [6, 6.07) is 0. The fourth-order valence-corrected chi connectivity index (χ4v) is 5.58. The van der Waals surface area contributed by atoms with Gasteiger partial charge in [-0.3, -0.25) is 0 Å². The van der Waals surface area contributed by atoms with E-state index < -0.39 is 0 Å². The molecule has 3 rings (SSSR count). The molecule has 0 spiro atoms. The van der Waals surface area contributed by atoms with E-state index in [1.165, 1.54) is 141 Å². The third-order valence-electron chi connectivity index (χ3n) is 7.47. The van der Waals surface area contributed by atoms with E-state index in [0.29, 0.717) is 5.92 Å². The Hall–Kier alpha value is -0.620. The van der Waals surface area contributed by atoms with Gasteiger partial charge in [-0.25, -0.2) is 0 Å². The molecule has 0 saturated heterocycles. The van der Waals surface area contributed by atoms with Gasteiger partial charge in [0.05, 0.1) is 5.92 Å². The van der Waals surface area contributed by atoms with Crippen molar-refractivity contribution in [2.24, 2.45) is 11.8 Å².